The molecule has 0 amide bonds. The summed E-state index contributed by atoms with van der Waals surface area (Å²) in [4.78, 5) is 17.8. The molecule has 25 heavy (non-hydrogen) atoms. The summed E-state index contributed by atoms with van der Waals surface area (Å²) in [5.74, 6) is 0.594. The van der Waals surface area contributed by atoms with Crippen LogP contribution in [0, 0.1) is 20.8 Å². The highest BCUT2D eigenvalue weighted by atomic mass is 32.1. The van der Waals surface area contributed by atoms with Gasteiger partial charge < -0.3 is 10.1 Å². The minimum Gasteiger partial charge on any atom is -0.492 e. The van der Waals surface area contributed by atoms with Crippen molar-refractivity contribution in [1.29, 1.82) is 0 Å². The molecular formula is C18H20N4O2S. The highest BCUT2D eigenvalue weighted by Crippen LogP contribution is 2.31. The lowest BCUT2D eigenvalue weighted by Gasteiger charge is -2.09. The lowest BCUT2D eigenvalue weighted by molar-refractivity contribution is 0.0945. The van der Waals surface area contributed by atoms with Crippen molar-refractivity contribution in [1.82, 2.24) is 14.8 Å². The summed E-state index contributed by atoms with van der Waals surface area (Å²) in [5, 5.41) is 8.16. The largest absolute Gasteiger partial charge is 0.492 e. The lowest BCUT2D eigenvalue weighted by atomic mass is 10.3. The average molecular weight is 356 g/mol. The van der Waals surface area contributed by atoms with Crippen molar-refractivity contribution in [2.45, 2.75) is 27.7 Å². The first-order valence-corrected chi connectivity index (χ1v) is 8.85. The monoisotopic (exact) mass is 356 g/mol. The number of hydrogen-bond donors (Lipinski definition) is 1. The third-order valence-electron chi connectivity index (χ3n) is 3.62. The van der Waals surface area contributed by atoms with Crippen molar-refractivity contribution in [3.05, 3.63) is 52.3 Å². The SMILES string of the molecule is CCOc1ccccc1Nc1nc(C)c(C(=O)n2nc(C)cc2C)s1. The maximum Gasteiger partial charge on any atom is 0.290 e. The molecule has 3 aromatic rings. The molecule has 7 heteroatoms. The second kappa shape index (κ2) is 7.06. The highest BCUT2D eigenvalue weighted by molar-refractivity contribution is 7.17. The maximum atomic E-state index is 12.8. The number of carbonyl (C=O) groups is 1. The molecular weight excluding hydrogens is 336 g/mol. The van der Waals surface area contributed by atoms with Gasteiger partial charge in [0.1, 0.15) is 10.6 Å². The van der Waals surface area contributed by atoms with Gasteiger partial charge in [-0.05, 0) is 45.9 Å². The summed E-state index contributed by atoms with van der Waals surface area (Å²) in [6.45, 7) is 8.08. The Labute approximate surface area is 150 Å². The van der Waals surface area contributed by atoms with Gasteiger partial charge in [0.25, 0.3) is 5.91 Å². The van der Waals surface area contributed by atoms with Crippen LogP contribution in [-0.4, -0.2) is 27.3 Å². The Balaban J connectivity index is 1.88. The first-order valence-electron chi connectivity index (χ1n) is 8.04. The van der Waals surface area contributed by atoms with E-state index < -0.39 is 0 Å². The Bertz CT molecular complexity index is 914. The fourth-order valence-electron chi connectivity index (χ4n) is 2.55. The van der Waals surface area contributed by atoms with Gasteiger partial charge in [0.2, 0.25) is 0 Å². The number of hydrogen-bond acceptors (Lipinski definition) is 6. The number of nitrogens with one attached hydrogen (secondary N) is 1. The minimum absolute atomic E-state index is 0.160. The number of nitrogens with zero attached hydrogens (tertiary/aromatic N) is 3. The molecule has 0 radical (unpaired) electrons. The zero-order valence-electron chi connectivity index (χ0n) is 14.7. The van der Waals surface area contributed by atoms with E-state index in [1.165, 1.54) is 16.0 Å². The van der Waals surface area contributed by atoms with Gasteiger partial charge in [-0.2, -0.15) is 5.10 Å². The number of anilines is 2. The van der Waals surface area contributed by atoms with Gasteiger partial charge in [0.15, 0.2) is 5.13 Å². The van der Waals surface area contributed by atoms with Gasteiger partial charge in [0.05, 0.1) is 23.7 Å². The van der Waals surface area contributed by atoms with Crippen molar-refractivity contribution in [3.8, 4) is 5.75 Å². The molecule has 130 valence electrons. The van der Waals surface area contributed by atoms with Gasteiger partial charge in [-0.3, -0.25) is 4.79 Å². The third-order valence-corrected chi connectivity index (χ3v) is 4.68. The first kappa shape index (κ1) is 17.2. The number of aryl methyl sites for hydroxylation is 3. The molecule has 0 atom stereocenters. The zero-order valence-corrected chi connectivity index (χ0v) is 15.5. The summed E-state index contributed by atoms with van der Waals surface area (Å²) in [6.07, 6.45) is 0. The summed E-state index contributed by atoms with van der Waals surface area (Å²) in [7, 11) is 0. The summed E-state index contributed by atoms with van der Waals surface area (Å²) in [5.41, 5.74) is 3.13. The molecule has 0 aliphatic heterocycles. The van der Waals surface area contributed by atoms with Gasteiger partial charge in [-0.1, -0.05) is 23.5 Å². The van der Waals surface area contributed by atoms with Crippen LogP contribution in [0.1, 0.15) is 33.7 Å². The summed E-state index contributed by atoms with van der Waals surface area (Å²) in [6, 6.07) is 9.54. The molecule has 0 unspecified atom stereocenters. The van der Waals surface area contributed by atoms with Crippen molar-refractivity contribution in [3.63, 3.8) is 0 Å². The Morgan fingerprint density at radius 3 is 2.72 bits per heavy atom. The fourth-order valence-corrected chi connectivity index (χ4v) is 3.45. The van der Waals surface area contributed by atoms with Gasteiger partial charge in [-0.15, -0.1) is 0 Å². The van der Waals surface area contributed by atoms with Crippen molar-refractivity contribution < 1.29 is 9.53 Å². The molecule has 1 aromatic carbocycles. The van der Waals surface area contributed by atoms with Gasteiger partial charge in [-0.25, -0.2) is 9.67 Å². The quantitative estimate of drug-likeness (QED) is 0.745. The first-order chi connectivity index (χ1) is 12.0. The molecule has 2 aromatic heterocycles. The second-order valence-electron chi connectivity index (χ2n) is 5.63. The van der Waals surface area contributed by atoms with E-state index in [0.29, 0.717) is 22.3 Å². The van der Waals surface area contributed by atoms with Gasteiger partial charge >= 0.3 is 0 Å². The Hall–Kier alpha value is -2.67. The van der Waals surface area contributed by atoms with Crippen LogP contribution in [-0.2, 0) is 0 Å². The molecule has 0 saturated carbocycles. The van der Waals surface area contributed by atoms with E-state index in [9.17, 15) is 4.79 Å². The topological polar surface area (TPSA) is 69.0 Å². The Morgan fingerprint density at radius 2 is 2.04 bits per heavy atom. The smallest absolute Gasteiger partial charge is 0.290 e. The van der Waals surface area contributed by atoms with E-state index >= 15 is 0 Å². The van der Waals surface area contributed by atoms with E-state index in [1.54, 1.807) is 0 Å². The van der Waals surface area contributed by atoms with Crippen LogP contribution in [0.25, 0.3) is 0 Å². The molecule has 2 heterocycles. The molecule has 3 rings (SSSR count). The molecule has 0 bridgehead atoms. The molecule has 0 saturated heterocycles. The molecule has 0 aliphatic carbocycles. The Morgan fingerprint density at radius 1 is 1.28 bits per heavy atom. The summed E-state index contributed by atoms with van der Waals surface area (Å²) >= 11 is 1.31. The standard InChI is InChI=1S/C18H20N4O2S/c1-5-24-15-9-7-6-8-14(15)20-18-19-13(4)16(25-18)17(23)22-12(3)10-11(2)21-22/h6-10H,5H2,1-4H3,(H,19,20). The summed E-state index contributed by atoms with van der Waals surface area (Å²) < 4.78 is 7.04. The van der Waals surface area contributed by atoms with E-state index in [-0.39, 0.29) is 5.91 Å². The fraction of sp³-hybridized carbons (Fsp3) is 0.278. The van der Waals surface area contributed by atoms with Crippen LogP contribution in [0.15, 0.2) is 30.3 Å². The normalized spacial score (nSPS) is 10.7. The van der Waals surface area contributed by atoms with Crippen LogP contribution in [0.2, 0.25) is 0 Å². The molecule has 0 fully saturated rings. The minimum atomic E-state index is -0.160. The molecule has 1 N–H and O–H groups in total. The number of thiazole rings is 1. The molecule has 6 nitrogen and oxygen atoms in total. The predicted molar refractivity (Wildman–Crippen MR) is 99.2 cm³/mol. The van der Waals surface area contributed by atoms with E-state index in [0.717, 1.165) is 22.8 Å². The van der Waals surface area contributed by atoms with E-state index in [2.05, 4.69) is 15.4 Å². The second-order valence-corrected chi connectivity index (χ2v) is 6.63. The number of ether oxygens (including phenoxy) is 1. The van der Waals surface area contributed by atoms with Crippen LogP contribution in [0.5, 0.6) is 5.75 Å². The number of aromatic nitrogens is 3. The molecule has 0 spiro atoms. The zero-order chi connectivity index (χ0) is 18.0. The number of benzene rings is 1. The average Bonchev–Trinajstić information content (AvgIpc) is 3.10. The van der Waals surface area contributed by atoms with E-state index in [1.807, 2.05) is 58.0 Å². The van der Waals surface area contributed by atoms with Crippen LogP contribution >= 0.6 is 11.3 Å². The number of para-hydroxylation sites is 2. The number of rotatable bonds is 5. The van der Waals surface area contributed by atoms with Crippen molar-refractivity contribution in [2.75, 3.05) is 11.9 Å². The van der Waals surface area contributed by atoms with Crippen LogP contribution < -0.4 is 10.1 Å². The predicted octanol–water partition coefficient (Wildman–Crippen LogP) is 4.10. The third kappa shape index (κ3) is 3.56. The number of carbonyl (C=O) groups excluding carboxylic acids is 1. The van der Waals surface area contributed by atoms with Crippen molar-refractivity contribution >= 4 is 28.1 Å². The van der Waals surface area contributed by atoms with Crippen LogP contribution in [0.3, 0.4) is 0 Å². The van der Waals surface area contributed by atoms with Gasteiger partial charge in [0, 0.05) is 5.69 Å². The van der Waals surface area contributed by atoms with Crippen LogP contribution in [0.4, 0.5) is 10.8 Å². The molecule has 0 aliphatic rings. The Kier molecular flexibility index (Phi) is 4.85. The van der Waals surface area contributed by atoms with Crippen molar-refractivity contribution in [2.24, 2.45) is 0 Å². The maximum absolute atomic E-state index is 12.8. The highest BCUT2D eigenvalue weighted by Gasteiger charge is 2.20. The lowest BCUT2D eigenvalue weighted by Crippen LogP contribution is -2.14. The van der Waals surface area contributed by atoms with E-state index in [4.69, 9.17) is 4.74 Å².